The Balaban J connectivity index is 2.28. The van der Waals surface area contributed by atoms with Gasteiger partial charge in [0.2, 0.25) is 0 Å². The normalized spacial score (nSPS) is 31.8. The summed E-state index contributed by atoms with van der Waals surface area (Å²) < 4.78 is 11.5. The molecular formula is C13H27NO3. The number of aliphatic hydroxyl groups is 1. The van der Waals surface area contributed by atoms with Crippen LogP contribution < -0.4 is 5.32 Å². The van der Waals surface area contributed by atoms with Gasteiger partial charge in [-0.05, 0) is 26.7 Å². The monoisotopic (exact) mass is 245 g/mol. The number of hydrogen-bond acceptors (Lipinski definition) is 4. The lowest BCUT2D eigenvalue weighted by Crippen LogP contribution is -2.43. The molecule has 17 heavy (non-hydrogen) atoms. The molecule has 4 nitrogen and oxygen atoms in total. The van der Waals surface area contributed by atoms with Crippen LogP contribution in [0.5, 0.6) is 0 Å². The highest BCUT2D eigenvalue weighted by Gasteiger charge is 2.25. The molecular weight excluding hydrogens is 218 g/mol. The fraction of sp³-hybridized carbons (Fsp3) is 1.00. The van der Waals surface area contributed by atoms with Crippen LogP contribution in [0.1, 0.15) is 40.5 Å². The molecule has 0 saturated carbocycles. The van der Waals surface area contributed by atoms with E-state index in [0.717, 1.165) is 12.8 Å². The third kappa shape index (κ3) is 5.82. The zero-order valence-electron chi connectivity index (χ0n) is 11.5. The fourth-order valence-electron chi connectivity index (χ4n) is 2.36. The van der Waals surface area contributed by atoms with E-state index < -0.39 is 0 Å². The Kier molecular flexibility index (Phi) is 6.41. The van der Waals surface area contributed by atoms with Gasteiger partial charge < -0.3 is 19.9 Å². The molecule has 3 unspecified atom stereocenters. The second kappa shape index (κ2) is 7.31. The Morgan fingerprint density at radius 2 is 1.88 bits per heavy atom. The summed E-state index contributed by atoms with van der Waals surface area (Å²) >= 11 is 0. The molecule has 1 fully saturated rings. The molecule has 102 valence electrons. The van der Waals surface area contributed by atoms with E-state index in [1.54, 1.807) is 0 Å². The average molecular weight is 245 g/mol. The third-order valence-electron chi connectivity index (χ3n) is 2.98. The zero-order chi connectivity index (χ0) is 12.8. The first-order valence-electron chi connectivity index (χ1n) is 6.65. The predicted octanol–water partition coefficient (Wildman–Crippen LogP) is 1.32. The summed E-state index contributed by atoms with van der Waals surface area (Å²) in [7, 11) is 0. The van der Waals surface area contributed by atoms with Crippen LogP contribution in [0, 0.1) is 0 Å². The second-order valence-corrected chi connectivity index (χ2v) is 5.38. The van der Waals surface area contributed by atoms with E-state index in [9.17, 15) is 5.11 Å². The summed E-state index contributed by atoms with van der Waals surface area (Å²) in [5, 5.41) is 12.5. The van der Waals surface area contributed by atoms with Crippen molar-refractivity contribution in [2.45, 2.75) is 70.9 Å². The van der Waals surface area contributed by atoms with Gasteiger partial charge in [0.15, 0.2) is 0 Å². The van der Waals surface area contributed by atoms with Crippen LogP contribution in [0.4, 0.5) is 0 Å². The van der Waals surface area contributed by atoms with Crippen molar-refractivity contribution in [3.63, 3.8) is 0 Å². The molecule has 0 aromatic rings. The first-order valence-corrected chi connectivity index (χ1v) is 6.65. The molecule has 0 aromatic carbocycles. The first kappa shape index (κ1) is 14.9. The van der Waals surface area contributed by atoms with Gasteiger partial charge in [0, 0.05) is 6.04 Å². The topological polar surface area (TPSA) is 50.7 Å². The maximum atomic E-state index is 9.24. The summed E-state index contributed by atoms with van der Waals surface area (Å²) in [6.45, 7) is 9.00. The molecule has 1 aliphatic rings. The lowest BCUT2D eigenvalue weighted by Gasteiger charge is -2.33. The zero-order valence-corrected chi connectivity index (χ0v) is 11.5. The minimum Gasteiger partial charge on any atom is -0.395 e. The second-order valence-electron chi connectivity index (χ2n) is 5.38. The summed E-state index contributed by atoms with van der Waals surface area (Å²) in [5.41, 5.74) is 0. The van der Waals surface area contributed by atoms with Crippen molar-refractivity contribution in [3.05, 3.63) is 0 Å². The van der Waals surface area contributed by atoms with Gasteiger partial charge in [0.1, 0.15) is 0 Å². The van der Waals surface area contributed by atoms with Crippen LogP contribution in [0.3, 0.4) is 0 Å². The Morgan fingerprint density at radius 1 is 1.29 bits per heavy atom. The molecule has 0 bridgehead atoms. The van der Waals surface area contributed by atoms with Crippen LogP contribution in [0.15, 0.2) is 0 Å². The van der Waals surface area contributed by atoms with Crippen molar-refractivity contribution >= 4 is 0 Å². The summed E-state index contributed by atoms with van der Waals surface area (Å²) in [4.78, 5) is 0. The van der Waals surface area contributed by atoms with Gasteiger partial charge in [-0.25, -0.2) is 0 Å². The Bertz CT molecular complexity index is 201. The molecule has 0 aromatic heterocycles. The van der Waals surface area contributed by atoms with Crippen LogP contribution in [-0.4, -0.2) is 48.7 Å². The molecule has 0 radical (unpaired) electrons. The highest BCUT2D eigenvalue weighted by atomic mass is 16.5. The van der Waals surface area contributed by atoms with Crippen LogP contribution in [0.25, 0.3) is 0 Å². The van der Waals surface area contributed by atoms with Gasteiger partial charge in [-0.1, -0.05) is 13.8 Å². The van der Waals surface area contributed by atoms with E-state index in [0.29, 0.717) is 12.6 Å². The molecule has 0 aliphatic carbocycles. The van der Waals surface area contributed by atoms with E-state index in [-0.39, 0.29) is 31.0 Å². The lowest BCUT2D eigenvalue weighted by atomic mass is 10.0. The average Bonchev–Trinajstić information content (AvgIpc) is 2.22. The van der Waals surface area contributed by atoms with E-state index in [1.165, 1.54) is 0 Å². The molecule has 0 spiro atoms. The van der Waals surface area contributed by atoms with Crippen LogP contribution in [-0.2, 0) is 9.47 Å². The predicted molar refractivity (Wildman–Crippen MR) is 68.1 cm³/mol. The molecule has 2 N–H and O–H groups in total. The van der Waals surface area contributed by atoms with Crippen LogP contribution >= 0.6 is 0 Å². The Hall–Kier alpha value is -0.160. The molecule has 1 aliphatic heterocycles. The summed E-state index contributed by atoms with van der Waals surface area (Å²) in [5.74, 6) is 0. The van der Waals surface area contributed by atoms with E-state index in [4.69, 9.17) is 9.47 Å². The van der Waals surface area contributed by atoms with Crippen molar-refractivity contribution in [2.75, 3.05) is 13.2 Å². The van der Waals surface area contributed by atoms with Gasteiger partial charge in [0.05, 0.1) is 37.6 Å². The van der Waals surface area contributed by atoms with Gasteiger partial charge in [-0.2, -0.15) is 0 Å². The highest BCUT2D eigenvalue weighted by Crippen LogP contribution is 2.21. The van der Waals surface area contributed by atoms with Crippen molar-refractivity contribution < 1.29 is 14.6 Å². The molecule has 4 heteroatoms. The molecule has 3 atom stereocenters. The smallest absolute Gasteiger partial charge is 0.0645 e. The third-order valence-corrected chi connectivity index (χ3v) is 2.98. The molecule has 0 amide bonds. The SMILES string of the molecule is CC(C)NC(CO)COC1CC(C)OC(C)C1. The first-order chi connectivity index (χ1) is 8.01. The Morgan fingerprint density at radius 3 is 2.35 bits per heavy atom. The maximum absolute atomic E-state index is 9.24. The molecule has 1 heterocycles. The van der Waals surface area contributed by atoms with E-state index in [2.05, 4.69) is 33.0 Å². The summed E-state index contributed by atoms with van der Waals surface area (Å²) in [6, 6.07) is 0.395. The number of rotatable bonds is 6. The van der Waals surface area contributed by atoms with E-state index in [1.807, 2.05) is 0 Å². The fourth-order valence-corrected chi connectivity index (χ4v) is 2.36. The van der Waals surface area contributed by atoms with Gasteiger partial charge in [0.25, 0.3) is 0 Å². The minimum atomic E-state index is 0.0310. The molecule has 1 saturated heterocycles. The van der Waals surface area contributed by atoms with Gasteiger partial charge >= 0.3 is 0 Å². The van der Waals surface area contributed by atoms with Crippen LogP contribution in [0.2, 0.25) is 0 Å². The Labute approximate surface area is 105 Å². The lowest BCUT2D eigenvalue weighted by molar-refractivity contribution is -0.106. The quantitative estimate of drug-likeness (QED) is 0.741. The van der Waals surface area contributed by atoms with Crippen molar-refractivity contribution in [1.29, 1.82) is 0 Å². The molecule has 1 rings (SSSR count). The van der Waals surface area contributed by atoms with Crippen molar-refractivity contribution in [2.24, 2.45) is 0 Å². The minimum absolute atomic E-state index is 0.0310. The number of ether oxygens (including phenoxy) is 2. The highest BCUT2D eigenvalue weighted by molar-refractivity contribution is 4.75. The van der Waals surface area contributed by atoms with Gasteiger partial charge in [-0.15, -0.1) is 0 Å². The van der Waals surface area contributed by atoms with E-state index >= 15 is 0 Å². The number of hydrogen-bond donors (Lipinski definition) is 2. The standard InChI is InChI=1S/C13H27NO3/c1-9(2)14-12(7-15)8-16-13-5-10(3)17-11(4)6-13/h9-15H,5-8H2,1-4H3. The largest absolute Gasteiger partial charge is 0.395 e. The summed E-state index contributed by atoms with van der Waals surface area (Å²) in [6.07, 6.45) is 2.70. The number of nitrogens with one attached hydrogen (secondary N) is 1. The van der Waals surface area contributed by atoms with Gasteiger partial charge in [-0.3, -0.25) is 0 Å². The van der Waals surface area contributed by atoms with Crippen molar-refractivity contribution in [1.82, 2.24) is 5.32 Å². The number of aliphatic hydroxyl groups excluding tert-OH is 1. The van der Waals surface area contributed by atoms with Crippen molar-refractivity contribution in [3.8, 4) is 0 Å². The maximum Gasteiger partial charge on any atom is 0.0645 e.